The van der Waals surface area contributed by atoms with Crippen LogP contribution in [0.1, 0.15) is 44.6 Å². The summed E-state index contributed by atoms with van der Waals surface area (Å²) in [4.78, 5) is 14.2. The molecule has 1 aliphatic rings. The van der Waals surface area contributed by atoms with Crippen LogP contribution in [0.5, 0.6) is 5.75 Å². The van der Waals surface area contributed by atoms with E-state index in [-0.39, 0.29) is 11.9 Å². The topological polar surface area (TPSA) is 81.6 Å². The van der Waals surface area contributed by atoms with Crippen LogP contribution in [0.15, 0.2) is 24.8 Å². The molecule has 0 radical (unpaired) electrons. The summed E-state index contributed by atoms with van der Waals surface area (Å²) in [5, 5.41) is 0. The molecule has 1 heterocycles. The first-order valence-electron chi connectivity index (χ1n) is 8.30. The lowest BCUT2D eigenvalue weighted by molar-refractivity contribution is -0.135. The summed E-state index contributed by atoms with van der Waals surface area (Å²) in [6.07, 6.45) is 4.62. The van der Waals surface area contributed by atoms with Crippen LogP contribution in [0.2, 0.25) is 0 Å². The molecule has 1 aromatic rings. The lowest BCUT2D eigenvalue weighted by atomic mass is 10.0. The number of rotatable bonds is 6. The fourth-order valence-electron chi connectivity index (χ4n) is 3.06. The maximum absolute atomic E-state index is 12.3. The average molecular weight is 317 g/mol. The maximum atomic E-state index is 12.3. The van der Waals surface area contributed by atoms with Gasteiger partial charge in [-0.15, -0.1) is 0 Å². The lowest BCUT2D eigenvalue weighted by Crippen LogP contribution is -2.46. The van der Waals surface area contributed by atoms with E-state index in [9.17, 15) is 4.79 Å². The minimum absolute atomic E-state index is 0.114. The van der Waals surface area contributed by atoms with Gasteiger partial charge >= 0.3 is 0 Å². The number of nitrogens with two attached hydrogens (primary N) is 2. The number of hydrogen-bond donors (Lipinski definition) is 2. The molecule has 0 aromatic heterocycles. The molecule has 23 heavy (non-hydrogen) atoms. The highest BCUT2D eigenvalue weighted by atomic mass is 16.5. The SMILES string of the molecule is C=C(N)c1c(N)cccc1OC[C@H]1CCCCN1C(=O)CCC. The van der Waals surface area contributed by atoms with Gasteiger partial charge in [-0.05, 0) is 37.8 Å². The third-order valence-corrected chi connectivity index (χ3v) is 4.22. The zero-order valence-corrected chi connectivity index (χ0v) is 13.9. The molecule has 1 fully saturated rings. The van der Waals surface area contributed by atoms with E-state index in [2.05, 4.69) is 6.58 Å². The molecule has 0 spiro atoms. The van der Waals surface area contributed by atoms with Crippen molar-refractivity contribution in [2.45, 2.75) is 45.1 Å². The largest absolute Gasteiger partial charge is 0.491 e. The highest BCUT2D eigenvalue weighted by Crippen LogP contribution is 2.29. The van der Waals surface area contributed by atoms with Crippen molar-refractivity contribution in [1.29, 1.82) is 0 Å². The number of hydrogen-bond acceptors (Lipinski definition) is 4. The summed E-state index contributed by atoms with van der Waals surface area (Å²) >= 11 is 0. The van der Waals surface area contributed by atoms with E-state index in [1.165, 1.54) is 0 Å². The summed E-state index contributed by atoms with van der Waals surface area (Å²) in [6.45, 7) is 7.07. The summed E-state index contributed by atoms with van der Waals surface area (Å²) in [6, 6.07) is 5.56. The first-order valence-corrected chi connectivity index (χ1v) is 8.30. The molecule has 1 saturated heterocycles. The summed E-state index contributed by atoms with van der Waals surface area (Å²) in [5.41, 5.74) is 13.4. The van der Waals surface area contributed by atoms with Gasteiger partial charge in [0.05, 0.1) is 11.6 Å². The normalized spacial score (nSPS) is 17.8. The van der Waals surface area contributed by atoms with Gasteiger partial charge in [-0.1, -0.05) is 19.6 Å². The number of likely N-dealkylation sites (tertiary alicyclic amines) is 1. The Labute approximate surface area is 138 Å². The number of benzene rings is 1. The first-order chi connectivity index (χ1) is 11.0. The molecular weight excluding hydrogens is 290 g/mol. The highest BCUT2D eigenvalue weighted by molar-refractivity contribution is 5.77. The van der Waals surface area contributed by atoms with E-state index in [1.807, 2.05) is 24.0 Å². The monoisotopic (exact) mass is 317 g/mol. The third kappa shape index (κ3) is 4.18. The summed E-state index contributed by atoms with van der Waals surface area (Å²) in [5.74, 6) is 0.850. The summed E-state index contributed by atoms with van der Waals surface area (Å²) in [7, 11) is 0. The zero-order valence-electron chi connectivity index (χ0n) is 13.9. The lowest BCUT2D eigenvalue weighted by Gasteiger charge is -2.35. The highest BCUT2D eigenvalue weighted by Gasteiger charge is 2.26. The van der Waals surface area contributed by atoms with Crippen molar-refractivity contribution in [2.24, 2.45) is 5.73 Å². The zero-order chi connectivity index (χ0) is 16.8. The molecule has 0 aliphatic carbocycles. The fraction of sp³-hybridized carbons (Fsp3) is 0.500. The van der Waals surface area contributed by atoms with Gasteiger partial charge in [-0.2, -0.15) is 0 Å². The minimum atomic E-state index is 0.114. The molecule has 4 N–H and O–H groups in total. The number of carbonyl (C=O) groups is 1. The second-order valence-corrected chi connectivity index (χ2v) is 6.04. The molecule has 1 aromatic carbocycles. The van der Waals surface area contributed by atoms with Crippen molar-refractivity contribution >= 4 is 17.3 Å². The molecule has 1 atom stereocenters. The van der Waals surface area contributed by atoms with Gasteiger partial charge in [0.25, 0.3) is 0 Å². The van der Waals surface area contributed by atoms with Crippen LogP contribution in [0.4, 0.5) is 5.69 Å². The second-order valence-electron chi connectivity index (χ2n) is 6.04. The van der Waals surface area contributed by atoms with Crippen molar-refractivity contribution in [3.05, 3.63) is 30.3 Å². The van der Waals surface area contributed by atoms with E-state index in [0.717, 1.165) is 32.2 Å². The standard InChI is InChI=1S/C18H27N3O2/c1-3-7-17(22)21-11-5-4-8-14(21)12-23-16-10-6-9-15(20)18(16)13(2)19/h6,9-10,14H,2-5,7-8,11-12,19-20H2,1H3/t14-/m1/s1. The molecule has 126 valence electrons. The Morgan fingerprint density at radius 2 is 2.22 bits per heavy atom. The molecular formula is C18H27N3O2. The van der Waals surface area contributed by atoms with Crippen molar-refractivity contribution in [2.75, 3.05) is 18.9 Å². The second kappa shape index (κ2) is 7.90. The molecule has 5 nitrogen and oxygen atoms in total. The fourth-order valence-corrected chi connectivity index (χ4v) is 3.06. The van der Waals surface area contributed by atoms with E-state index in [4.69, 9.17) is 16.2 Å². The van der Waals surface area contributed by atoms with Gasteiger partial charge in [-0.25, -0.2) is 0 Å². The minimum Gasteiger partial charge on any atom is -0.491 e. The smallest absolute Gasteiger partial charge is 0.222 e. The molecule has 1 amide bonds. The Hall–Kier alpha value is -2.17. The Morgan fingerprint density at radius 1 is 1.43 bits per heavy atom. The van der Waals surface area contributed by atoms with Crippen molar-refractivity contribution in [3.63, 3.8) is 0 Å². The van der Waals surface area contributed by atoms with Gasteiger partial charge in [0.2, 0.25) is 5.91 Å². The third-order valence-electron chi connectivity index (χ3n) is 4.22. The molecule has 0 bridgehead atoms. The molecule has 0 saturated carbocycles. The van der Waals surface area contributed by atoms with Crippen LogP contribution in [0, 0.1) is 0 Å². The molecule has 2 rings (SSSR count). The molecule has 1 aliphatic heterocycles. The van der Waals surface area contributed by atoms with Crippen LogP contribution >= 0.6 is 0 Å². The number of carbonyl (C=O) groups excluding carboxylic acids is 1. The van der Waals surface area contributed by atoms with E-state index < -0.39 is 0 Å². The Morgan fingerprint density at radius 3 is 2.91 bits per heavy atom. The van der Waals surface area contributed by atoms with E-state index >= 15 is 0 Å². The number of nitrogen functional groups attached to an aromatic ring is 1. The number of nitrogens with zero attached hydrogens (tertiary/aromatic N) is 1. The average Bonchev–Trinajstić information content (AvgIpc) is 2.53. The van der Waals surface area contributed by atoms with Crippen molar-refractivity contribution in [3.8, 4) is 5.75 Å². The maximum Gasteiger partial charge on any atom is 0.222 e. The van der Waals surface area contributed by atoms with Gasteiger partial charge in [-0.3, -0.25) is 4.79 Å². The van der Waals surface area contributed by atoms with Crippen LogP contribution in [0.3, 0.4) is 0 Å². The first kappa shape index (κ1) is 17.2. The number of anilines is 1. The number of amides is 1. The number of piperidine rings is 1. The predicted molar refractivity (Wildman–Crippen MR) is 93.8 cm³/mol. The Bertz CT molecular complexity index is 571. The Kier molecular flexibility index (Phi) is 5.90. The van der Waals surface area contributed by atoms with Gasteiger partial charge in [0, 0.05) is 24.4 Å². The Balaban J connectivity index is 2.08. The van der Waals surface area contributed by atoms with Gasteiger partial charge in [0.15, 0.2) is 0 Å². The molecule has 0 unspecified atom stereocenters. The van der Waals surface area contributed by atoms with Gasteiger partial charge < -0.3 is 21.1 Å². The van der Waals surface area contributed by atoms with Gasteiger partial charge in [0.1, 0.15) is 12.4 Å². The predicted octanol–water partition coefficient (Wildman–Crippen LogP) is 2.76. The van der Waals surface area contributed by atoms with E-state index in [0.29, 0.717) is 35.7 Å². The summed E-state index contributed by atoms with van der Waals surface area (Å²) < 4.78 is 5.96. The van der Waals surface area contributed by atoms with Crippen LogP contribution in [-0.4, -0.2) is 30.0 Å². The molecule has 5 heteroatoms. The van der Waals surface area contributed by atoms with Crippen LogP contribution in [0.25, 0.3) is 5.70 Å². The van der Waals surface area contributed by atoms with Crippen molar-refractivity contribution < 1.29 is 9.53 Å². The van der Waals surface area contributed by atoms with Crippen LogP contribution in [-0.2, 0) is 4.79 Å². The van der Waals surface area contributed by atoms with E-state index in [1.54, 1.807) is 6.07 Å². The quantitative estimate of drug-likeness (QED) is 0.790. The number of ether oxygens (including phenoxy) is 1. The van der Waals surface area contributed by atoms with Crippen molar-refractivity contribution in [1.82, 2.24) is 4.90 Å². The van der Waals surface area contributed by atoms with Crippen LogP contribution < -0.4 is 16.2 Å².